The highest BCUT2D eigenvalue weighted by Gasteiger charge is 2.09. The largest absolute Gasteiger partial charge is 0.452 e. The summed E-state index contributed by atoms with van der Waals surface area (Å²) in [5.74, 6) is 0.631. The van der Waals surface area contributed by atoms with E-state index in [-0.39, 0.29) is 0 Å². The molecule has 0 amide bonds. The van der Waals surface area contributed by atoms with Crippen molar-refractivity contribution in [3.05, 3.63) is 28.7 Å². The van der Waals surface area contributed by atoms with Gasteiger partial charge in [0, 0.05) is 4.47 Å². The normalized spacial score (nSPS) is 19.0. The number of aliphatic imine (C=N–C) groups is 1. The Morgan fingerprint density at radius 3 is 2.85 bits per heavy atom. The third kappa shape index (κ3) is 2.08. The molecule has 0 bridgehead atoms. The van der Waals surface area contributed by atoms with Gasteiger partial charge in [0.25, 0.3) is 0 Å². The van der Waals surface area contributed by atoms with E-state index in [9.17, 15) is 0 Å². The maximum absolute atomic E-state index is 5.12. The molecule has 1 aromatic carbocycles. The Balaban J connectivity index is 2.25. The van der Waals surface area contributed by atoms with Crippen molar-refractivity contribution in [2.75, 3.05) is 13.4 Å². The molecule has 1 heterocycles. The molecule has 0 unspecified atom stereocenters. The summed E-state index contributed by atoms with van der Waals surface area (Å²) in [6.45, 7) is 0.768. The second-order valence-electron chi connectivity index (χ2n) is 2.57. The zero-order valence-corrected chi connectivity index (χ0v) is 8.45. The van der Waals surface area contributed by atoms with E-state index >= 15 is 0 Å². The van der Waals surface area contributed by atoms with E-state index in [0.29, 0.717) is 19.3 Å². The molecule has 0 N–H and O–H groups in total. The number of para-hydroxylation sites is 1. The highest BCUT2D eigenvalue weighted by molar-refractivity contribution is 9.10. The Bertz CT molecular complexity index is 330. The number of nitrogens with zero attached hydrogens (tertiary/aromatic N) is 1. The summed E-state index contributed by atoms with van der Waals surface area (Å²) in [7, 11) is 0. The molecule has 68 valence electrons. The zero-order valence-electron chi connectivity index (χ0n) is 6.87. The van der Waals surface area contributed by atoms with Gasteiger partial charge in [0.1, 0.15) is 6.61 Å². The van der Waals surface area contributed by atoms with Crippen LogP contribution in [-0.2, 0) is 9.47 Å². The van der Waals surface area contributed by atoms with Crippen LogP contribution in [0.25, 0.3) is 0 Å². The summed E-state index contributed by atoms with van der Waals surface area (Å²) in [6.07, 6.45) is 0. The first-order valence-corrected chi connectivity index (χ1v) is 4.68. The average molecular weight is 242 g/mol. The number of rotatable bonds is 1. The van der Waals surface area contributed by atoms with Crippen molar-refractivity contribution in [1.82, 2.24) is 0 Å². The van der Waals surface area contributed by atoms with Crippen LogP contribution in [0.15, 0.2) is 33.7 Å². The number of halogens is 1. The predicted molar refractivity (Wildman–Crippen MR) is 53.1 cm³/mol. The predicted octanol–water partition coefficient (Wildman–Crippen LogP) is 2.48. The van der Waals surface area contributed by atoms with Gasteiger partial charge in [0.15, 0.2) is 6.79 Å². The topological polar surface area (TPSA) is 30.8 Å². The minimum atomic E-state index is 0.309. The van der Waals surface area contributed by atoms with E-state index in [0.717, 1.165) is 10.2 Å². The summed E-state index contributed by atoms with van der Waals surface area (Å²) in [5, 5.41) is 0. The summed E-state index contributed by atoms with van der Waals surface area (Å²) in [6, 6.07) is 7.73. The van der Waals surface area contributed by atoms with Crippen LogP contribution in [0.1, 0.15) is 0 Å². The zero-order chi connectivity index (χ0) is 9.10. The molecule has 0 radical (unpaired) electrons. The maximum Gasteiger partial charge on any atom is 0.217 e. The fraction of sp³-hybridized carbons (Fsp3) is 0.222. The fourth-order valence-corrected chi connectivity index (χ4v) is 1.40. The van der Waals surface area contributed by atoms with Gasteiger partial charge in [0.05, 0.1) is 5.69 Å². The SMILES string of the molecule is Brc1ccccc1N=C1COCO1. The van der Waals surface area contributed by atoms with Gasteiger partial charge in [-0.05, 0) is 28.1 Å². The highest BCUT2D eigenvalue weighted by Crippen LogP contribution is 2.24. The number of benzene rings is 1. The molecular weight excluding hydrogens is 234 g/mol. The molecule has 0 aromatic heterocycles. The van der Waals surface area contributed by atoms with E-state index < -0.39 is 0 Å². The van der Waals surface area contributed by atoms with Crippen molar-refractivity contribution in [1.29, 1.82) is 0 Å². The van der Waals surface area contributed by atoms with Crippen molar-refractivity contribution in [2.24, 2.45) is 4.99 Å². The molecule has 1 aliphatic rings. The minimum Gasteiger partial charge on any atom is -0.452 e. The second-order valence-corrected chi connectivity index (χ2v) is 3.42. The van der Waals surface area contributed by atoms with Crippen LogP contribution in [0.2, 0.25) is 0 Å². The molecule has 1 fully saturated rings. The van der Waals surface area contributed by atoms with Gasteiger partial charge in [0.2, 0.25) is 5.90 Å². The van der Waals surface area contributed by atoms with Crippen molar-refractivity contribution < 1.29 is 9.47 Å². The van der Waals surface area contributed by atoms with Crippen LogP contribution in [0.4, 0.5) is 5.69 Å². The molecule has 4 heteroatoms. The van der Waals surface area contributed by atoms with E-state index in [1.807, 2.05) is 24.3 Å². The molecule has 0 atom stereocenters. The Morgan fingerprint density at radius 1 is 1.31 bits per heavy atom. The lowest BCUT2D eigenvalue weighted by molar-refractivity contribution is 0.0890. The molecule has 0 aliphatic carbocycles. The van der Waals surface area contributed by atoms with Crippen molar-refractivity contribution >= 4 is 27.5 Å². The smallest absolute Gasteiger partial charge is 0.217 e. The lowest BCUT2D eigenvalue weighted by Crippen LogP contribution is -1.97. The minimum absolute atomic E-state index is 0.309. The van der Waals surface area contributed by atoms with Crippen LogP contribution in [0.5, 0.6) is 0 Å². The summed E-state index contributed by atoms with van der Waals surface area (Å²) in [5.41, 5.74) is 0.864. The molecule has 13 heavy (non-hydrogen) atoms. The summed E-state index contributed by atoms with van der Waals surface area (Å²) >= 11 is 3.40. The first kappa shape index (κ1) is 8.72. The molecule has 1 aromatic rings. The van der Waals surface area contributed by atoms with Crippen molar-refractivity contribution in [3.63, 3.8) is 0 Å². The Morgan fingerprint density at radius 2 is 2.15 bits per heavy atom. The van der Waals surface area contributed by atoms with Crippen LogP contribution < -0.4 is 0 Å². The monoisotopic (exact) mass is 241 g/mol. The lowest BCUT2D eigenvalue weighted by atomic mass is 10.3. The maximum atomic E-state index is 5.12. The molecule has 0 spiro atoms. The number of hydrogen-bond donors (Lipinski definition) is 0. The fourth-order valence-electron chi connectivity index (χ4n) is 1.02. The van der Waals surface area contributed by atoms with E-state index in [1.54, 1.807) is 0 Å². The molecule has 1 aliphatic heterocycles. The standard InChI is InChI=1S/C9H8BrNO2/c10-7-3-1-2-4-8(7)11-9-5-12-6-13-9/h1-4H,5-6H2. The first-order valence-electron chi connectivity index (χ1n) is 3.89. The van der Waals surface area contributed by atoms with Crippen LogP contribution >= 0.6 is 15.9 Å². The van der Waals surface area contributed by atoms with E-state index in [4.69, 9.17) is 9.47 Å². The third-order valence-electron chi connectivity index (χ3n) is 1.63. The molecule has 0 saturated carbocycles. The molecule has 3 nitrogen and oxygen atoms in total. The number of ether oxygens (including phenoxy) is 2. The Labute approximate surface area is 84.5 Å². The van der Waals surface area contributed by atoms with Gasteiger partial charge in [-0.25, -0.2) is 4.99 Å². The Hall–Kier alpha value is -0.870. The van der Waals surface area contributed by atoms with Crippen LogP contribution in [-0.4, -0.2) is 19.3 Å². The molecule has 1 saturated heterocycles. The van der Waals surface area contributed by atoms with E-state index in [2.05, 4.69) is 20.9 Å². The average Bonchev–Trinajstić information content (AvgIpc) is 2.61. The summed E-state index contributed by atoms with van der Waals surface area (Å²) < 4.78 is 11.1. The van der Waals surface area contributed by atoms with Crippen LogP contribution in [0, 0.1) is 0 Å². The van der Waals surface area contributed by atoms with Crippen molar-refractivity contribution in [2.45, 2.75) is 0 Å². The van der Waals surface area contributed by atoms with Gasteiger partial charge in [-0.3, -0.25) is 0 Å². The second kappa shape index (κ2) is 3.89. The van der Waals surface area contributed by atoms with Gasteiger partial charge in [-0.2, -0.15) is 0 Å². The van der Waals surface area contributed by atoms with Crippen molar-refractivity contribution in [3.8, 4) is 0 Å². The molecule has 2 rings (SSSR count). The first-order chi connectivity index (χ1) is 6.36. The summed E-state index contributed by atoms with van der Waals surface area (Å²) in [4.78, 5) is 4.28. The molecular formula is C9H8BrNO2. The van der Waals surface area contributed by atoms with E-state index in [1.165, 1.54) is 0 Å². The van der Waals surface area contributed by atoms with Gasteiger partial charge in [-0.1, -0.05) is 12.1 Å². The highest BCUT2D eigenvalue weighted by atomic mass is 79.9. The lowest BCUT2D eigenvalue weighted by Gasteiger charge is -1.98. The van der Waals surface area contributed by atoms with Crippen LogP contribution in [0.3, 0.4) is 0 Å². The van der Waals surface area contributed by atoms with Gasteiger partial charge in [-0.15, -0.1) is 0 Å². The number of hydrogen-bond acceptors (Lipinski definition) is 3. The Kier molecular flexibility index (Phi) is 2.61. The van der Waals surface area contributed by atoms with Gasteiger partial charge < -0.3 is 9.47 Å². The third-order valence-corrected chi connectivity index (χ3v) is 2.30. The quantitative estimate of drug-likeness (QED) is 0.757. The van der Waals surface area contributed by atoms with Gasteiger partial charge >= 0.3 is 0 Å².